The molecule has 0 aliphatic carbocycles. The highest BCUT2D eigenvalue weighted by Crippen LogP contribution is 2.37. The molecule has 8 heteroatoms. The summed E-state index contributed by atoms with van der Waals surface area (Å²) in [6, 6.07) is 4.14. The van der Waals surface area contributed by atoms with E-state index in [4.69, 9.17) is 11.6 Å². The minimum atomic E-state index is -0.362. The first kappa shape index (κ1) is 16.1. The summed E-state index contributed by atoms with van der Waals surface area (Å²) in [6.07, 6.45) is 1.73. The number of aliphatic imine (C=N–C) groups is 1. The summed E-state index contributed by atoms with van der Waals surface area (Å²) in [6.45, 7) is 0. The van der Waals surface area contributed by atoms with E-state index in [2.05, 4.69) is 47.2 Å². The summed E-state index contributed by atoms with van der Waals surface area (Å²) >= 11 is 14.7. The van der Waals surface area contributed by atoms with Crippen LogP contribution in [-0.4, -0.2) is 16.1 Å². The zero-order valence-corrected chi connectivity index (χ0v) is 15.7. The van der Waals surface area contributed by atoms with Crippen molar-refractivity contribution in [3.63, 3.8) is 0 Å². The van der Waals surface area contributed by atoms with Crippen LogP contribution in [-0.2, 0) is 0 Å². The summed E-state index contributed by atoms with van der Waals surface area (Å²) < 4.78 is 14.1. The zero-order valence-electron chi connectivity index (χ0n) is 11.0. The molecule has 0 amide bonds. The summed E-state index contributed by atoms with van der Waals surface area (Å²) in [5, 5.41) is 6.94. The van der Waals surface area contributed by atoms with Crippen molar-refractivity contribution < 1.29 is 4.39 Å². The van der Waals surface area contributed by atoms with E-state index in [-0.39, 0.29) is 11.9 Å². The largest absolute Gasteiger partial charge is 0.356 e. The number of amidine groups is 1. The molecule has 0 spiro atoms. The zero-order chi connectivity index (χ0) is 15.7. The van der Waals surface area contributed by atoms with E-state index < -0.39 is 0 Å². The van der Waals surface area contributed by atoms with Crippen molar-refractivity contribution in [3.05, 3.63) is 61.4 Å². The maximum Gasteiger partial charge on any atom is 0.163 e. The Morgan fingerprint density at radius 1 is 1.41 bits per heavy atom. The lowest BCUT2D eigenvalue weighted by atomic mass is 10.0. The molecule has 114 valence electrons. The predicted octanol–water partition coefficient (Wildman–Crippen LogP) is 5.03. The Morgan fingerprint density at radius 2 is 2.23 bits per heavy atom. The van der Waals surface area contributed by atoms with Gasteiger partial charge in [-0.15, -0.1) is 11.3 Å². The Bertz CT molecular complexity index is 761. The molecule has 1 aliphatic rings. The van der Waals surface area contributed by atoms with Gasteiger partial charge in [0.05, 0.1) is 11.7 Å². The third-order valence-corrected chi connectivity index (χ3v) is 5.65. The summed E-state index contributed by atoms with van der Waals surface area (Å²) in [5.41, 5.74) is 1.62. The van der Waals surface area contributed by atoms with Gasteiger partial charge >= 0.3 is 0 Å². The van der Waals surface area contributed by atoms with Crippen LogP contribution in [0.1, 0.15) is 16.6 Å². The molecule has 1 aromatic carbocycles. The number of aromatic nitrogens is 1. The van der Waals surface area contributed by atoms with Gasteiger partial charge in [0.15, 0.2) is 10.8 Å². The van der Waals surface area contributed by atoms with Crippen LogP contribution >= 0.6 is 54.8 Å². The number of hydrogen-bond donors (Lipinski definition) is 1. The van der Waals surface area contributed by atoms with E-state index in [1.165, 1.54) is 23.5 Å². The minimum Gasteiger partial charge on any atom is -0.356 e. The first-order valence-corrected chi connectivity index (χ1v) is 9.42. The highest BCUT2D eigenvalue weighted by Gasteiger charge is 2.27. The van der Waals surface area contributed by atoms with Gasteiger partial charge < -0.3 is 5.32 Å². The second-order valence-electron chi connectivity index (χ2n) is 4.47. The van der Waals surface area contributed by atoms with Crippen LogP contribution in [0, 0.1) is 5.82 Å². The van der Waals surface area contributed by atoms with Crippen LogP contribution in [0.4, 0.5) is 4.39 Å². The molecule has 1 atom stereocenters. The number of alkyl halides is 1. The van der Waals surface area contributed by atoms with E-state index in [0.29, 0.717) is 16.2 Å². The van der Waals surface area contributed by atoms with Crippen LogP contribution in [0.3, 0.4) is 0 Å². The molecule has 1 aromatic heterocycles. The van der Waals surface area contributed by atoms with Crippen LogP contribution in [0.5, 0.6) is 0 Å². The van der Waals surface area contributed by atoms with Crippen molar-refractivity contribution in [2.24, 2.45) is 4.99 Å². The summed E-state index contributed by atoms with van der Waals surface area (Å²) in [5.74, 6) is 0.317. The predicted molar refractivity (Wildman–Crippen MR) is 95.7 cm³/mol. The van der Waals surface area contributed by atoms with E-state index >= 15 is 0 Å². The van der Waals surface area contributed by atoms with Crippen LogP contribution in [0.2, 0.25) is 5.02 Å². The maximum atomic E-state index is 13.3. The van der Waals surface area contributed by atoms with Crippen LogP contribution in [0.25, 0.3) is 0 Å². The molecule has 2 aromatic rings. The lowest BCUT2D eigenvalue weighted by molar-refractivity contribution is 0.625. The smallest absolute Gasteiger partial charge is 0.163 e. The third-order valence-electron chi connectivity index (χ3n) is 3.09. The topological polar surface area (TPSA) is 37.3 Å². The number of rotatable bonds is 3. The molecule has 1 N–H and O–H groups in total. The van der Waals surface area contributed by atoms with E-state index in [9.17, 15) is 4.39 Å². The summed E-state index contributed by atoms with van der Waals surface area (Å²) in [7, 11) is 0. The molecule has 0 fully saturated rings. The second kappa shape index (κ2) is 6.78. The Hall–Kier alpha value is -0.760. The normalized spacial score (nSPS) is 18.2. The monoisotopic (exact) mass is 463 g/mol. The fraction of sp³-hybridized carbons (Fsp3) is 0.143. The number of hydrogen-bond acceptors (Lipinski definition) is 4. The van der Waals surface area contributed by atoms with Crippen molar-refractivity contribution in [3.8, 4) is 0 Å². The molecule has 3 rings (SSSR count). The Labute approximate surface area is 152 Å². The SMILES string of the molecule is Fc1ccc(C2NC(c3nccs3)=NC(CBr)=C2Br)c(Cl)c1. The molecule has 0 saturated heterocycles. The first-order valence-electron chi connectivity index (χ1n) is 6.24. The van der Waals surface area contributed by atoms with Crippen LogP contribution < -0.4 is 5.32 Å². The molecule has 0 bridgehead atoms. The third kappa shape index (κ3) is 3.13. The van der Waals surface area contributed by atoms with Crippen molar-refractivity contribution in [1.29, 1.82) is 0 Å². The molecule has 0 radical (unpaired) electrons. The number of allylic oxidation sites excluding steroid dienone is 1. The number of halogens is 4. The Kier molecular flexibility index (Phi) is 4.97. The average Bonchev–Trinajstić information content (AvgIpc) is 3.02. The molecule has 0 saturated carbocycles. The van der Waals surface area contributed by atoms with Crippen molar-refractivity contribution in [1.82, 2.24) is 10.3 Å². The van der Waals surface area contributed by atoms with Gasteiger partial charge in [0.1, 0.15) is 5.82 Å². The fourth-order valence-electron chi connectivity index (χ4n) is 2.08. The molecule has 22 heavy (non-hydrogen) atoms. The van der Waals surface area contributed by atoms with Gasteiger partial charge in [0.2, 0.25) is 0 Å². The number of thiazole rings is 1. The van der Waals surface area contributed by atoms with Crippen molar-refractivity contribution in [2.45, 2.75) is 6.04 Å². The minimum absolute atomic E-state index is 0.239. The molecular weight excluding hydrogens is 457 g/mol. The van der Waals surface area contributed by atoms with Gasteiger partial charge in [-0.2, -0.15) is 0 Å². The van der Waals surface area contributed by atoms with Crippen molar-refractivity contribution >= 4 is 60.6 Å². The second-order valence-corrected chi connectivity index (χ2v) is 7.19. The highest BCUT2D eigenvalue weighted by molar-refractivity contribution is 9.12. The summed E-state index contributed by atoms with van der Waals surface area (Å²) in [4.78, 5) is 8.85. The van der Waals surface area contributed by atoms with Gasteiger partial charge in [-0.3, -0.25) is 0 Å². The molecular formula is C14H9Br2ClFN3S. The Morgan fingerprint density at radius 3 is 2.86 bits per heavy atom. The van der Waals surface area contributed by atoms with Gasteiger partial charge in [0.25, 0.3) is 0 Å². The Balaban J connectivity index is 2.05. The number of nitrogens with zero attached hydrogens (tertiary/aromatic N) is 2. The van der Waals surface area contributed by atoms with E-state index in [1.54, 1.807) is 12.3 Å². The highest BCUT2D eigenvalue weighted by atomic mass is 79.9. The molecule has 1 aliphatic heterocycles. The lowest BCUT2D eigenvalue weighted by Gasteiger charge is -2.26. The number of nitrogens with one attached hydrogen (secondary N) is 1. The van der Waals surface area contributed by atoms with Gasteiger partial charge in [-0.05, 0) is 17.7 Å². The maximum absolute atomic E-state index is 13.3. The van der Waals surface area contributed by atoms with E-state index in [1.807, 2.05) is 5.38 Å². The first-order chi connectivity index (χ1) is 10.6. The molecule has 2 heterocycles. The van der Waals surface area contributed by atoms with Crippen LogP contribution in [0.15, 0.2) is 44.9 Å². The van der Waals surface area contributed by atoms with Gasteiger partial charge in [0, 0.05) is 26.4 Å². The molecule has 3 nitrogen and oxygen atoms in total. The molecule has 1 unspecified atom stereocenters. The van der Waals surface area contributed by atoms with Crippen molar-refractivity contribution in [2.75, 3.05) is 5.33 Å². The van der Waals surface area contributed by atoms with E-state index in [0.717, 1.165) is 20.8 Å². The average molecular weight is 466 g/mol. The fourth-order valence-corrected chi connectivity index (χ4v) is 4.34. The lowest BCUT2D eigenvalue weighted by Crippen LogP contribution is -2.33. The van der Waals surface area contributed by atoms with Gasteiger partial charge in [-0.25, -0.2) is 14.4 Å². The van der Waals surface area contributed by atoms with Gasteiger partial charge in [-0.1, -0.05) is 49.5 Å². The number of benzene rings is 1. The standard InChI is InChI=1S/C14H9Br2ClFN3S/c15-6-10-11(16)12(8-2-1-7(18)5-9(8)17)21-13(20-10)14-19-3-4-22-14/h1-5,12H,6H2,(H,20,21). The quantitative estimate of drug-likeness (QED) is 0.646.